The molecule has 2 heteroatoms. The second kappa shape index (κ2) is 7.14. The van der Waals surface area contributed by atoms with E-state index in [2.05, 4.69) is 17.9 Å². The highest BCUT2D eigenvalue weighted by Gasteiger charge is 2.33. The third-order valence-corrected chi connectivity index (χ3v) is 4.89. The van der Waals surface area contributed by atoms with Crippen molar-refractivity contribution in [3.63, 3.8) is 0 Å². The highest BCUT2D eigenvalue weighted by atomic mass is 15.2. The number of nitrogens with zero attached hydrogens (tertiary/aromatic N) is 2. The summed E-state index contributed by atoms with van der Waals surface area (Å²) < 4.78 is 0. The Balaban J connectivity index is 2.07. The zero-order valence-corrected chi connectivity index (χ0v) is 11.9. The Labute approximate surface area is 112 Å². The van der Waals surface area contributed by atoms with Crippen LogP contribution in [-0.2, 0) is 0 Å². The van der Waals surface area contributed by atoms with Crippen molar-refractivity contribution in [2.75, 3.05) is 0 Å². The molecule has 2 aliphatic rings. The van der Waals surface area contributed by atoms with Crippen LogP contribution in [0.3, 0.4) is 0 Å². The van der Waals surface area contributed by atoms with Gasteiger partial charge >= 0.3 is 0 Å². The standard InChI is InChI=1S/C16H28N2/c1-2-14(13-17)18(15-9-5-3-6-10-15)16-11-7-4-8-12-16/h14-16H,2-12H2,1H3. The highest BCUT2D eigenvalue weighted by Crippen LogP contribution is 2.32. The Kier molecular flexibility index (Phi) is 5.50. The maximum absolute atomic E-state index is 9.47. The monoisotopic (exact) mass is 248 g/mol. The minimum atomic E-state index is 0.163. The van der Waals surface area contributed by atoms with Gasteiger partial charge in [-0.05, 0) is 32.1 Å². The van der Waals surface area contributed by atoms with Gasteiger partial charge in [-0.15, -0.1) is 0 Å². The van der Waals surface area contributed by atoms with Crippen molar-refractivity contribution in [3.8, 4) is 6.07 Å². The topological polar surface area (TPSA) is 27.0 Å². The Hall–Kier alpha value is -0.550. The molecular weight excluding hydrogens is 220 g/mol. The molecule has 1 atom stereocenters. The predicted molar refractivity (Wildman–Crippen MR) is 75.3 cm³/mol. The van der Waals surface area contributed by atoms with E-state index >= 15 is 0 Å². The van der Waals surface area contributed by atoms with Gasteiger partial charge in [-0.3, -0.25) is 4.90 Å². The molecule has 0 amide bonds. The van der Waals surface area contributed by atoms with Gasteiger partial charge in [0.25, 0.3) is 0 Å². The molecule has 0 aliphatic heterocycles. The maximum Gasteiger partial charge on any atom is 0.0980 e. The Morgan fingerprint density at radius 3 is 1.72 bits per heavy atom. The lowest BCUT2D eigenvalue weighted by Gasteiger charge is -2.43. The summed E-state index contributed by atoms with van der Waals surface area (Å²) in [6.45, 7) is 2.17. The van der Waals surface area contributed by atoms with Crippen LogP contribution < -0.4 is 0 Å². The van der Waals surface area contributed by atoms with Crippen molar-refractivity contribution >= 4 is 0 Å². The first-order valence-electron chi connectivity index (χ1n) is 8.04. The van der Waals surface area contributed by atoms with E-state index in [1.54, 1.807) is 0 Å². The molecule has 1 unspecified atom stereocenters. The van der Waals surface area contributed by atoms with Gasteiger partial charge in [-0.2, -0.15) is 5.26 Å². The lowest BCUT2D eigenvalue weighted by atomic mass is 9.87. The first-order chi connectivity index (χ1) is 8.86. The number of hydrogen-bond acceptors (Lipinski definition) is 2. The second-order valence-corrected chi connectivity index (χ2v) is 6.08. The second-order valence-electron chi connectivity index (χ2n) is 6.08. The van der Waals surface area contributed by atoms with Crippen molar-refractivity contribution in [1.82, 2.24) is 4.90 Å². The van der Waals surface area contributed by atoms with Crippen molar-refractivity contribution in [3.05, 3.63) is 0 Å². The van der Waals surface area contributed by atoms with Crippen LogP contribution in [0.15, 0.2) is 0 Å². The molecular formula is C16H28N2. The molecule has 0 bridgehead atoms. The molecule has 0 aromatic carbocycles. The van der Waals surface area contributed by atoms with Crippen LogP contribution in [0, 0.1) is 11.3 Å². The Bertz CT molecular complexity index is 251. The van der Waals surface area contributed by atoms with Gasteiger partial charge in [-0.1, -0.05) is 45.4 Å². The van der Waals surface area contributed by atoms with Gasteiger partial charge in [0, 0.05) is 12.1 Å². The van der Waals surface area contributed by atoms with Gasteiger partial charge in [0.1, 0.15) is 0 Å². The lowest BCUT2D eigenvalue weighted by Crippen LogP contribution is -2.50. The van der Waals surface area contributed by atoms with Crippen LogP contribution in [0.1, 0.15) is 77.6 Å². The largest absolute Gasteiger partial charge is 0.282 e. The Morgan fingerprint density at radius 1 is 0.944 bits per heavy atom. The fraction of sp³-hybridized carbons (Fsp3) is 0.938. The maximum atomic E-state index is 9.47. The van der Waals surface area contributed by atoms with Crippen molar-refractivity contribution in [1.29, 1.82) is 5.26 Å². The van der Waals surface area contributed by atoms with Crippen LogP contribution in [0.4, 0.5) is 0 Å². The molecule has 18 heavy (non-hydrogen) atoms. The molecule has 2 nitrogen and oxygen atoms in total. The summed E-state index contributed by atoms with van der Waals surface area (Å²) in [5.74, 6) is 0. The number of rotatable bonds is 4. The first kappa shape index (κ1) is 13.9. The van der Waals surface area contributed by atoms with Crippen LogP contribution >= 0.6 is 0 Å². The summed E-state index contributed by atoms with van der Waals surface area (Å²) in [6, 6.07) is 4.14. The smallest absolute Gasteiger partial charge is 0.0980 e. The zero-order chi connectivity index (χ0) is 12.8. The fourth-order valence-corrected chi connectivity index (χ4v) is 3.93. The van der Waals surface area contributed by atoms with E-state index in [9.17, 15) is 5.26 Å². The molecule has 0 aromatic heterocycles. The summed E-state index contributed by atoms with van der Waals surface area (Å²) in [4.78, 5) is 2.64. The zero-order valence-electron chi connectivity index (χ0n) is 11.9. The van der Waals surface area contributed by atoms with Gasteiger partial charge in [0.05, 0.1) is 12.1 Å². The summed E-state index contributed by atoms with van der Waals surface area (Å²) in [5, 5.41) is 9.47. The average molecular weight is 248 g/mol. The molecule has 0 spiro atoms. The van der Waals surface area contributed by atoms with E-state index in [4.69, 9.17) is 0 Å². The van der Waals surface area contributed by atoms with Crippen LogP contribution in [-0.4, -0.2) is 23.0 Å². The number of hydrogen-bond donors (Lipinski definition) is 0. The molecule has 2 fully saturated rings. The molecule has 102 valence electrons. The van der Waals surface area contributed by atoms with Gasteiger partial charge in [-0.25, -0.2) is 0 Å². The van der Waals surface area contributed by atoms with E-state index < -0.39 is 0 Å². The van der Waals surface area contributed by atoms with Crippen molar-refractivity contribution in [2.24, 2.45) is 0 Å². The molecule has 2 rings (SSSR count). The van der Waals surface area contributed by atoms with Crippen LogP contribution in [0.2, 0.25) is 0 Å². The van der Waals surface area contributed by atoms with Crippen molar-refractivity contribution in [2.45, 2.75) is 95.7 Å². The fourth-order valence-electron chi connectivity index (χ4n) is 3.93. The molecule has 0 N–H and O–H groups in total. The van der Waals surface area contributed by atoms with E-state index in [-0.39, 0.29) is 6.04 Å². The summed E-state index contributed by atoms with van der Waals surface area (Å²) in [5.41, 5.74) is 0. The van der Waals surface area contributed by atoms with E-state index in [1.807, 2.05) is 0 Å². The SMILES string of the molecule is CCC(C#N)N(C1CCCCC1)C1CCCCC1. The molecule has 0 aromatic rings. The lowest BCUT2D eigenvalue weighted by molar-refractivity contribution is 0.0562. The minimum Gasteiger partial charge on any atom is -0.282 e. The van der Waals surface area contributed by atoms with Crippen LogP contribution in [0.5, 0.6) is 0 Å². The third kappa shape index (κ3) is 3.26. The third-order valence-electron chi connectivity index (χ3n) is 4.89. The molecule has 0 heterocycles. The molecule has 0 saturated heterocycles. The van der Waals surface area contributed by atoms with Crippen LogP contribution in [0.25, 0.3) is 0 Å². The highest BCUT2D eigenvalue weighted by molar-refractivity contribution is 4.97. The normalized spacial score (nSPS) is 24.9. The first-order valence-corrected chi connectivity index (χ1v) is 8.04. The average Bonchev–Trinajstić information content (AvgIpc) is 2.46. The van der Waals surface area contributed by atoms with E-state index in [0.29, 0.717) is 12.1 Å². The quantitative estimate of drug-likeness (QED) is 0.743. The minimum absolute atomic E-state index is 0.163. The Morgan fingerprint density at radius 2 is 1.39 bits per heavy atom. The predicted octanol–water partition coefficient (Wildman–Crippen LogP) is 4.26. The number of nitriles is 1. The summed E-state index contributed by atoms with van der Waals surface area (Å²) in [7, 11) is 0. The molecule has 2 saturated carbocycles. The molecule has 0 radical (unpaired) electrons. The van der Waals surface area contributed by atoms with Crippen molar-refractivity contribution < 1.29 is 0 Å². The van der Waals surface area contributed by atoms with Gasteiger partial charge < -0.3 is 0 Å². The van der Waals surface area contributed by atoms with Gasteiger partial charge in [0.15, 0.2) is 0 Å². The molecule has 2 aliphatic carbocycles. The summed E-state index contributed by atoms with van der Waals surface area (Å²) in [6.07, 6.45) is 14.6. The summed E-state index contributed by atoms with van der Waals surface area (Å²) >= 11 is 0. The van der Waals surface area contributed by atoms with E-state index in [0.717, 1.165) is 6.42 Å². The van der Waals surface area contributed by atoms with Gasteiger partial charge in [0.2, 0.25) is 0 Å². The van der Waals surface area contributed by atoms with E-state index in [1.165, 1.54) is 64.2 Å².